The van der Waals surface area contributed by atoms with Gasteiger partial charge in [0.1, 0.15) is 23.5 Å². The number of aromatic nitrogens is 4. The summed E-state index contributed by atoms with van der Waals surface area (Å²) in [5.41, 5.74) is 12.8. The number of nitrogen functional groups attached to an aromatic ring is 2. The molecule has 2 aliphatic heterocycles. The molecule has 0 spiro atoms. The highest BCUT2D eigenvalue weighted by Crippen LogP contribution is 2.22. The van der Waals surface area contributed by atoms with Crippen LogP contribution in [0.5, 0.6) is 0 Å². The molecule has 26 heteroatoms. The van der Waals surface area contributed by atoms with Crippen LogP contribution in [0.4, 0.5) is 46.3 Å². The summed E-state index contributed by atoms with van der Waals surface area (Å²) >= 11 is 0. The van der Waals surface area contributed by atoms with Crippen molar-refractivity contribution in [1.29, 1.82) is 0 Å². The normalized spacial score (nSPS) is 15.4. The number of fused-ring (bicyclic) bond motifs is 2. The van der Waals surface area contributed by atoms with Crippen LogP contribution in [-0.2, 0) is 19.2 Å². The number of carbonyl (C=O) groups is 6. The molecule has 18 N–H and O–H groups in total. The van der Waals surface area contributed by atoms with E-state index in [0.29, 0.717) is 60.6 Å². The lowest BCUT2D eigenvalue weighted by Crippen LogP contribution is -2.41. The molecule has 0 bridgehead atoms. The fourth-order valence-corrected chi connectivity index (χ4v) is 6.20. The number of carboxylic acids is 4. The van der Waals surface area contributed by atoms with E-state index in [0.717, 1.165) is 0 Å². The number of nitrogens with one attached hydrogen (secondary N) is 10. The first-order valence-corrected chi connectivity index (χ1v) is 19.4. The van der Waals surface area contributed by atoms with Crippen LogP contribution in [0.1, 0.15) is 46.4 Å². The number of nitrogens with two attached hydrogens (primary N) is 2. The summed E-state index contributed by atoms with van der Waals surface area (Å²) < 4.78 is 0. The van der Waals surface area contributed by atoms with Gasteiger partial charge in [0.15, 0.2) is 11.6 Å². The monoisotopic (exact) mass is 890 g/mol. The van der Waals surface area contributed by atoms with Crippen molar-refractivity contribution in [1.82, 2.24) is 30.6 Å². The Bertz CT molecular complexity index is 2310. The highest BCUT2D eigenvalue weighted by molar-refractivity contribution is 5.97. The topological polar surface area (TPSA) is 423 Å². The van der Waals surface area contributed by atoms with Gasteiger partial charge in [-0.15, -0.1) is 0 Å². The summed E-state index contributed by atoms with van der Waals surface area (Å²) in [4.78, 5) is 105. The van der Waals surface area contributed by atoms with Crippen LogP contribution < -0.4 is 65.1 Å². The SMILES string of the molecule is Nc1nc2c(c(=O)[nH]1)N[C@@H](CNc1ccc(C(=O)N[C@@H](CCC(=O)O)C(=O)O)cc1)CN2.Nc1nc2c(c(=O)[nH]1)N[C@@H](CNc1ccc(C(=O)N[C@@H](CCC(=O)O)C(=O)O)cc1)CN2. The number of carbonyl (C=O) groups excluding carboxylic acids is 2. The van der Waals surface area contributed by atoms with Crippen molar-refractivity contribution in [2.24, 2.45) is 0 Å². The van der Waals surface area contributed by atoms with Crippen molar-refractivity contribution >= 4 is 82.0 Å². The second kappa shape index (κ2) is 21.3. The Morgan fingerprint density at radius 3 is 1.30 bits per heavy atom. The molecule has 340 valence electrons. The van der Waals surface area contributed by atoms with Gasteiger partial charge in [0.25, 0.3) is 22.9 Å². The van der Waals surface area contributed by atoms with Gasteiger partial charge in [0.2, 0.25) is 11.9 Å². The molecule has 6 rings (SSSR count). The third-order valence-electron chi connectivity index (χ3n) is 9.50. The molecule has 0 fully saturated rings. The maximum absolute atomic E-state index is 12.3. The van der Waals surface area contributed by atoms with Crippen LogP contribution in [0.15, 0.2) is 58.1 Å². The standard InChI is InChI=1S/2C19H23N7O6/c2*20-19-25-15-14(17(30)26-19)23-11(8-22-15)7-21-10-3-1-9(2-4-10)16(29)24-12(18(31)32)5-6-13(27)28/h2*1-4,11-12,21,23H,5-8H2,(H,24,29)(H,27,28)(H,31,32)(H4,20,22,25,26,30)/t2*11-,12-/m00/s1. The highest BCUT2D eigenvalue weighted by Gasteiger charge is 2.25. The molecule has 0 saturated carbocycles. The Morgan fingerprint density at radius 1 is 0.609 bits per heavy atom. The Balaban J connectivity index is 0.000000241. The lowest BCUT2D eigenvalue weighted by molar-refractivity contribution is -0.142. The van der Waals surface area contributed by atoms with E-state index in [1.54, 1.807) is 24.3 Å². The zero-order valence-electron chi connectivity index (χ0n) is 33.7. The second-order valence-electron chi connectivity index (χ2n) is 14.3. The first-order chi connectivity index (χ1) is 30.4. The molecule has 26 nitrogen and oxygen atoms in total. The van der Waals surface area contributed by atoms with Crippen LogP contribution >= 0.6 is 0 Å². The van der Waals surface area contributed by atoms with Crippen LogP contribution in [0.2, 0.25) is 0 Å². The maximum atomic E-state index is 12.3. The van der Waals surface area contributed by atoms with Gasteiger partial charge in [-0.05, 0) is 61.4 Å². The molecule has 2 amide bonds. The molecule has 0 saturated heterocycles. The number of hydrogen-bond acceptors (Lipinski definition) is 18. The first kappa shape index (κ1) is 46.5. The second-order valence-corrected chi connectivity index (χ2v) is 14.3. The van der Waals surface area contributed by atoms with E-state index in [1.807, 2.05) is 0 Å². The summed E-state index contributed by atoms with van der Waals surface area (Å²) in [7, 11) is 0. The molecule has 0 aliphatic carbocycles. The number of anilines is 8. The van der Waals surface area contributed by atoms with Gasteiger partial charge >= 0.3 is 23.9 Å². The van der Waals surface area contributed by atoms with Gasteiger partial charge in [-0.3, -0.25) is 38.7 Å². The molecule has 2 aromatic heterocycles. The van der Waals surface area contributed by atoms with Gasteiger partial charge in [-0.1, -0.05) is 0 Å². The van der Waals surface area contributed by atoms with E-state index >= 15 is 0 Å². The van der Waals surface area contributed by atoms with Gasteiger partial charge in [0, 0.05) is 61.5 Å². The smallest absolute Gasteiger partial charge is 0.326 e. The fourth-order valence-electron chi connectivity index (χ4n) is 6.20. The predicted molar refractivity (Wildman–Crippen MR) is 232 cm³/mol. The molecule has 64 heavy (non-hydrogen) atoms. The quantitative estimate of drug-likeness (QED) is 0.0595. The molecule has 2 aromatic carbocycles. The molecule has 4 atom stereocenters. The zero-order valence-corrected chi connectivity index (χ0v) is 33.7. The summed E-state index contributed by atoms with van der Waals surface area (Å²) in [6.07, 6.45) is -1.17. The third kappa shape index (κ3) is 13.2. The maximum Gasteiger partial charge on any atom is 0.326 e. The molecular formula is C38H46N14O12. The number of carboxylic acid groups (broad SMARTS) is 4. The average molecular weight is 891 g/mol. The lowest BCUT2D eigenvalue weighted by Gasteiger charge is -2.27. The number of benzene rings is 2. The highest BCUT2D eigenvalue weighted by atomic mass is 16.4. The van der Waals surface area contributed by atoms with Crippen molar-refractivity contribution in [2.75, 3.05) is 69.5 Å². The number of aliphatic carboxylic acids is 4. The number of hydrogen-bond donors (Lipinski definition) is 16. The Hall–Kier alpha value is -8.58. The first-order valence-electron chi connectivity index (χ1n) is 19.4. The van der Waals surface area contributed by atoms with Gasteiger partial charge < -0.3 is 74.4 Å². The number of H-pyrrole nitrogens is 2. The number of rotatable bonds is 18. The third-order valence-corrected chi connectivity index (χ3v) is 9.50. The Morgan fingerprint density at radius 2 is 0.969 bits per heavy atom. The fraction of sp³-hybridized carbons (Fsp3) is 0.316. The average Bonchev–Trinajstić information content (AvgIpc) is 3.25. The van der Waals surface area contributed by atoms with Crippen molar-refractivity contribution in [3.8, 4) is 0 Å². The summed E-state index contributed by atoms with van der Waals surface area (Å²) in [6, 6.07) is 9.87. The minimum Gasteiger partial charge on any atom is -0.481 e. The largest absolute Gasteiger partial charge is 0.481 e. The van der Waals surface area contributed by atoms with Crippen molar-refractivity contribution < 1.29 is 49.2 Å². The van der Waals surface area contributed by atoms with E-state index in [2.05, 4.69) is 62.5 Å². The Labute approximate surface area is 361 Å². The van der Waals surface area contributed by atoms with Gasteiger partial charge in [-0.25, -0.2) is 9.59 Å². The van der Waals surface area contributed by atoms with Crippen LogP contribution in [0, 0.1) is 0 Å². The van der Waals surface area contributed by atoms with E-state index in [-0.39, 0.29) is 71.9 Å². The van der Waals surface area contributed by atoms with E-state index in [9.17, 15) is 38.4 Å². The summed E-state index contributed by atoms with van der Waals surface area (Å²) in [5.74, 6) is -5.28. The van der Waals surface area contributed by atoms with Crippen molar-refractivity contribution in [3.05, 3.63) is 80.4 Å². The van der Waals surface area contributed by atoms with E-state index in [1.165, 1.54) is 24.3 Å². The van der Waals surface area contributed by atoms with Crippen LogP contribution in [-0.4, -0.2) is 126 Å². The molecule has 0 radical (unpaired) electrons. The van der Waals surface area contributed by atoms with Crippen LogP contribution in [0.25, 0.3) is 0 Å². The minimum absolute atomic E-state index is 0.0281. The number of amides is 2. The van der Waals surface area contributed by atoms with E-state index < -0.39 is 47.8 Å². The lowest BCUT2D eigenvalue weighted by atomic mass is 10.1. The number of aromatic amines is 2. The summed E-state index contributed by atoms with van der Waals surface area (Å²) in [5, 5.41) is 59.0. The molecule has 4 heterocycles. The minimum atomic E-state index is -1.30. The Kier molecular flexibility index (Phi) is 15.5. The molecule has 0 unspecified atom stereocenters. The zero-order chi connectivity index (χ0) is 46.5. The van der Waals surface area contributed by atoms with Crippen molar-refractivity contribution in [2.45, 2.75) is 49.9 Å². The molecule has 2 aliphatic rings. The molecular weight excluding hydrogens is 845 g/mol. The van der Waals surface area contributed by atoms with E-state index in [4.69, 9.17) is 31.9 Å². The number of nitrogens with zero attached hydrogens (tertiary/aromatic N) is 2. The summed E-state index contributed by atoms with van der Waals surface area (Å²) in [6.45, 7) is 1.92. The van der Waals surface area contributed by atoms with Crippen LogP contribution in [0.3, 0.4) is 0 Å². The molecule has 4 aromatic rings. The van der Waals surface area contributed by atoms with Gasteiger partial charge in [0.05, 0.1) is 12.1 Å². The van der Waals surface area contributed by atoms with Gasteiger partial charge in [-0.2, -0.15) is 9.97 Å². The van der Waals surface area contributed by atoms with Crippen molar-refractivity contribution in [3.63, 3.8) is 0 Å². The predicted octanol–water partition coefficient (Wildman–Crippen LogP) is -0.564.